The molecular formula is C16H14ClN3O2. The van der Waals surface area contributed by atoms with Crippen molar-refractivity contribution in [2.75, 3.05) is 0 Å². The van der Waals surface area contributed by atoms with Crippen molar-refractivity contribution >= 4 is 22.5 Å². The van der Waals surface area contributed by atoms with Gasteiger partial charge in [0.1, 0.15) is 11.5 Å². The first-order valence-corrected chi connectivity index (χ1v) is 7.64. The van der Waals surface area contributed by atoms with Gasteiger partial charge in [0.2, 0.25) is 0 Å². The molecule has 5 nitrogen and oxygen atoms in total. The van der Waals surface area contributed by atoms with Crippen LogP contribution in [0.5, 0.6) is 0 Å². The van der Waals surface area contributed by atoms with Crippen LogP contribution in [0, 0.1) is 12.8 Å². The number of aryl methyl sites for hydroxylation is 1. The van der Waals surface area contributed by atoms with Crippen LogP contribution in [-0.2, 0) is 6.54 Å². The van der Waals surface area contributed by atoms with E-state index in [2.05, 4.69) is 10.3 Å². The number of benzene rings is 1. The van der Waals surface area contributed by atoms with E-state index in [9.17, 15) is 4.79 Å². The van der Waals surface area contributed by atoms with Gasteiger partial charge in [0.05, 0.1) is 5.39 Å². The first kappa shape index (κ1) is 13.5. The average Bonchev–Trinajstić information content (AvgIpc) is 3.23. The van der Waals surface area contributed by atoms with E-state index in [-0.39, 0.29) is 5.56 Å². The summed E-state index contributed by atoms with van der Waals surface area (Å²) in [6.07, 6.45) is 2.30. The highest BCUT2D eigenvalue weighted by Crippen LogP contribution is 2.32. The molecule has 0 aliphatic heterocycles. The molecule has 0 spiro atoms. The molecule has 22 heavy (non-hydrogen) atoms. The summed E-state index contributed by atoms with van der Waals surface area (Å²) in [5.74, 6) is 1.14. The fourth-order valence-corrected chi connectivity index (χ4v) is 2.83. The van der Waals surface area contributed by atoms with Gasteiger partial charge in [0, 0.05) is 17.1 Å². The van der Waals surface area contributed by atoms with E-state index in [1.54, 1.807) is 6.92 Å². The molecule has 0 unspecified atom stereocenters. The molecule has 0 N–H and O–H groups in total. The highest BCUT2D eigenvalue weighted by molar-refractivity contribution is 6.30. The molecule has 6 heteroatoms. The second-order valence-corrected chi connectivity index (χ2v) is 6.19. The number of halogens is 1. The molecule has 0 amide bonds. The van der Waals surface area contributed by atoms with Crippen molar-refractivity contribution in [1.29, 1.82) is 0 Å². The molecule has 4 rings (SSSR count). The number of fused-ring (bicyclic) bond motifs is 1. The first-order valence-electron chi connectivity index (χ1n) is 7.26. The molecule has 1 aliphatic carbocycles. The van der Waals surface area contributed by atoms with Crippen molar-refractivity contribution in [2.45, 2.75) is 26.3 Å². The Bertz CT molecular complexity index is 925. The summed E-state index contributed by atoms with van der Waals surface area (Å²) in [5, 5.41) is 9.80. The summed E-state index contributed by atoms with van der Waals surface area (Å²) in [7, 11) is 0. The van der Waals surface area contributed by atoms with Crippen LogP contribution in [0.3, 0.4) is 0 Å². The maximum atomic E-state index is 12.5. The second-order valence-electron chi connectivity index (χ2n) is 5.75. The van der Waals surface area contributed by atoms with Crippen molar-refractivity contribution in [3.8, 4) is 11.3 Å². The molecule has 0 radical (unpaired) electrons. The summed E-state index contributed by atoms with van der Waals surface area (Å²) >= 11 is 6.09. The molecule has 2 aromatic heterocycles. The molecule has 0 atom stereocenters. The number of hydrogen-bond donors (Lipinski definition) is 0. The summed E-state index contributed by atoms with van der Waals surface area (Å²) < 4.78 is 6.74. The molecule has 2 heterocycles. The van der Waals surface area contributed by atoms with Gasteiger partial charge in [-0.15, -0.1) is 0 Å². The molecule has 3 aromatic rings. The predicted octanol–water partition coefficient (Wildman–Crippen LogP) is 3.42. The van der Waals surface area contributed by atoms with Gasteiger partial charge in [0.15, 0.2) is 5.52 Å². The number of rotatable bonds is 3. The monoisotopic (exact) mass is 315 g/mol. The van der Waals surface area contributed by atoms with E-state index in [1.165, 1.54) is 4.68 Å². The number of hydrogen-bond acceptors (Lipinski definition) is 4. The van der Waals surface area contributed by atoms with Gasteiger partial charge in [0.25, 0.3) is 5.56 Å². The van der Waals surface area contributed by atoms with Gasteiger partial charge in [-0.1, -0.05) is 28.9 Å². The predicted molar refractivity (Wildman–Crippen MR) is 84.0 cm³/mol. The summed E-state index contributed by atoms with van der Waals surface area (Å²) in [4.78, 5) is 12.5. The van der Waals surface area contributed by atoms with E-state index in [0.717, 1.165) is 18.4 Å². The maximum absolute atomic E-state index is 12.5. The Balaban J connectivity index is 2.00. The zero-order valence-electron chi connectivity index (χ0n) is 12.0. The van der Waals surface area contributed by atoms with Crippen molar-refractivity contribution < 1.29 is 4.52 Å². The third-order valence-corrected chi connectivity index (χ3v) is 4.22. The zero-order chi connectivity index (χ0) is 15.3. The molecule has 112 valence electrons. The topological polar surface area (TPSA) is 60.9 Å². The summed E-state index contributed by atoms with van der Waals surface area (Å²) in [6.45, 7) is 2.42. The van der Waals surface area contributed by atoms with Crippen molar-refractivity contribution in [2.24, 2.45) is 5.92 Å². The zero-order valence-corrected chi connectivity index (χ0v) is 12.8. The van der Waals surface area contributed by atoms with E-state index >= 15 is 0 Å². The van der Waals surface area contributed by atoms with Gasteiger partial charge < -0.3 is 4.52 Å². The largest absolute Gasteiger partial charge is 0.360 e. The van der Waals surface area contributed by atoms with E-state index in [0.29, 0.717) is 39.8 Å². The van der Waals surface area contributed by atoms with Gasteiger partial charge in [-0.25, -0.2) is 4.68 Å². The quantitative estimate of drug-likeness (QED) is 0.743. The summed E-state index contributed by atoms with van der Waals surface area (Å²) in [5.41, 5.74) is 1.69. The standard InChI is InChI=1S/C16H14ClN3O2/c1-9-13-14(11-3-2-4-12(17)7-11)18-20(8-10-5-6-10)16(21)15(13)19-22-9/h2-4,7,10H,5-6,8H2,1H3. The maximum Gasteiger partial charge on any atom is 0.296 e. The fraction of sp³-hybridized carbons (Fsp3) is 0.312. The Kier molecular flexibility index (Phi) is 3.04. The van der Waals surface area contributed by atoms with Crippen molar-refractivity contribution in [3.63, 3.8) is 0 Å². The van der Waals surface area contributed by atoms with Crippen LogP contribution in [0.1, 0.15) is 18.6 Å². The lowest BCUT2D eigenvalue weighted by Gasteiger charge is -2.08. The number of aromatic nitrogens is 3. The SMILES string of the molecule is Cc1onc2c(=O)n(CC3CC3)nc(-c3cccc(Cl)c3)c12. The molecule has 1 aliphatic rings. The molecule has 0 bridgehead atoms. The lowest BCUT2D eigenvalue weighted by Crippen LogP contribution is -2.24. The minimum Gasteiger partial charge on any atom is -0.360 e. The molecule has 1 fully saturated rings. The molecule has 1 aromatic carbocycles. The lowest BCUT2D eigenvalue weighted by atomic mass is 10.1. The minimum atomic E-state index is -0.190. The van der Waals surface area contributed by atoms with E-state index < -0.39 is 0 Å². The Hall–Kier alpha value is -2.14. The van der Waals surface area contributed by atoms with E-state index in [1.807, 2.05) is 24.3 Å². The van der Waals surface area contributed by atoms with Gasteiger partial charge in [-0.05, 0) is 37.8 Å². The highest BCUT2D eigenvalue weighted by atomic mass is 35.5. The Morgan fingerprint density at radius 3 is 2.95 bits per heavy atom. The minimum absolute atomic E-state index is 0.190. The molecule has 0 saturated heterocycles. The fourth-order valence-electron chi connectivity index (χ4n) is 2.64. The Labute approximate surface area is 131 Å². The van der Waals surface area contributed by atoms with Crippen molar-refractivity contribution in [3.05, 3.63) is 45.4 Å². The van der Waals surface area contributed by atoms with Crippen LogP contribution >= 0.6 is 11.6 Å². The van der Waals surface area contributed by atoms with Gasteiger partial charge >= 0.3 is 0 Å². The van der Waals surface area contributed by atoms with Crippen molar-refractivity contribution in [1.82, 2.24) is 14.9 Å². The van der Waals surface area contributed by atoms with Crippen LogP contribution in [0.4, 0.5) is 0 Å². The lowest BCUT2D eigenvalue weighted by molar-refractivity contribution is 0.404. The van der Waals surface area contributed by atoms with Crippen LogP contribution in [-0.4, -0.2) is 14.9 Å². The van der Waals surface area contributed by atoms with E-state index in [4.69, 9.17) is 16.1 Å². The second kappa shape index (κ2) is 4.95. The molecule has 1 saturated carbocycles. The average molecular weight is 316 g/mol. The van der Waals surface area contributed by atoms with Crippen LogP contribution in [0.25, 0.3) is 22.2 Å². The summed E-state index contributed by atoms with van der Waals surface area (Å²) in [6, 6.07) is 7.43. The normalized spacial score (nSPS) is 14.6. The third-order valence-electron chi connectivity index (χ3n) is 3.98. The highest BCUT2D eigenvalue weighted by Gasteiger charge is 2.25. The van der Waals surface area contributed by atoms with Gasteiger partial charge in [-0.3, -0.25) is 4.79 Å². The van der Waals surface area contributed by atoms with Crippen LogP contribution in [0.2, 0.25) is 5.02 Å². The first-order chi connectivity index (χ1) is 10.6. The van der Waals surface area contributed by atoms with Gasteiger partial charge in [-0.2, -0.15) is 5.10 Å². The molecular weight excluding hydrogens is 302 g/mol. The smallest absolute Gasteiger partial charge is 0.296 e. The third kappa shape index (κ3) is 2.22. The Morgan fingerprint density at radius 2 is 2.23 bits per heavy atom. The number of nitrogens with zero attached hydrogens (tertiary/aromatic N) is 3. The van der Waals surface area contributed by atoms with Crippen LogP contribution < -0.4 is 5.56 Å². The van der Waals surface area contributed by atoms with Crippen LogP contribution in [0.15, 0.2) is 33.6 Å². The Morgan fingerprint density at radius 1 is 1.41 bits per heavy atom.